The average Bonchev–Trinajstić information content (AvgIpc) is 2.53. The predicted molar refractivity (Wildman–Crippen MR) is 91.1 cm³/mol. The molecule has 0 N–H and O–H groups in total. The Morgan fingerprint density at radius 3 is 1.64 bits per heavy atom. The monoisotopic (exact) mass is 362 g/mol. The van der Waals surface area contributed by atoms with Gasteiger partial charge in [0.25, 0.3) is 0 Å². The maximum absolute atomic E-state index is 6.24. The van der Waals surface area contributed by atoms with Crippen LogP contribution < -0.4 is 5.19 Å². The van der Waals surface area contributed by atoms with Crippen LogP contribution in [0.25, 0.3) is 0 Å². The molecule has 0 spiro atoms. The third-order valence-electron chi connectivity index (χ3n) is 3.28. The molecule has 1 atom stereocenters. The molecule has 0 bridgehead atoms. The Hall–Kier alpha value is -0.369. The molecule has 1 aromatic rings. The second kappa shape index (κ2) is 7.95. The summed E-state index contributed by atoms with van der Waals surface area (Å²) in [5.41, 5.74) is 0. The van der Waals surface area contributed by atoms with Crippen molar-refractivity contribution in [3.05, 3.63) is 30.3 Å². The SMILES string of the molecule is CO[Si](C)(C)O[Si](C)(OC)O[Si](OC)(OC)c1ccccc1. The van der Waals surface area contributed by atoms with Crippen molar-refractivity contribution in [2.24, 2.45) is 0 Å². The molecule has 0 saturated heterocycles. The van der Waals surface area contributed by atoms with Gasteiger partial charge in [-0.05, 0) is 13.1 Å². The molecular formula is C13H26O6Si3. The number of hydrogen-bond donors (Lipinski definition) is 0. The highest BCUT2D eigenvalue weighted by molar-refractivity contribution is 6.86. The molecule has 9 heteroatoms. The van der Waals surface area contributed by atoms with E-state index in [1.807, 2.05) is 50.0 Å². The second-order valence-corrected chi connectivity index (χ2v) is 14.7. The van der Waals surface area contributed by atoms with Gasteiger partial charge in [0.2, 0.25) is 0 Å². The van der Waals surface area contributed by atoms with Crippen LogP contribution in [-0.2, 0) is 25.9 Å². The van der Waals surface area contributed by atoms with E-state index in [-0.39, 0.29) is 0 Å². The molecule has 0 aliphatic carbocycles. The second-order valence-electron chi connectivity index (χ2n) is 5.21. The Morgan fingerprint density at radius 2 is 1.23 bits per heavy atom. The van der Waals surface area contributed by atoms with Gasteiger partial charge in [0, 0.05) is 40.2 Å². The summed E-state index contributed by atoms with van der Waals surface area (Å²) in [6, 6.07) is 9.60. The van der Waals surface area contributed by atoms with Crippen LogP contribution in [0, 0.1) is 0 Å². The van der Waals surface area contributed by atoms with Crippen LogP contribution in [-0.4, -0.2) is 54.6 Å². The van der Waals surface area contributed by atoms with E-state index in [4.69, 9.17) is 25.9 Å². The smallest absolute Gasteiger partial charge is 0.398 e. The zero-order chi connectivity index (χ0) is 16.9. The lowest BCUT2D eigenvalue weighted by Gasteiger charge is -2.37. The van der Waals surface area contributed by atoms with Gasteiger partial charge in [-0.25, -0.2) is 0 Å². The van der Waals surface area contributed by atoms with Gasteiger partial charge in [-0.15, -0.1) is 0 Å². The van der Waals surface area contributed by atoms with E-state index < -0.39 is 26.2 Å². The van der Waals surface area contributed by atoms with E-state index in [1.165, 1.54) is 0 Å². The lowest BCUT2D eigenvalue weighted by molar-refractivity contribution is 0.111. The number of hydrogen-bond acceptors (Lipinski definition) is 6. The molecule has 22 heavy (non-hydrogen) atoms. The molecule has 1 unspecified atom stereocenters. The van der Waals surface area contributed by atoms with Gasteiger partial charge in [0.15, 0.2) is 0 Å². The van der Waals surface area contributed by atoms with E-state index in [2.05, 4.69) is 0 Å². The van der Waals surface area contributed by atoms with Crippen molar-refractivity contribution in [2.45, 2.75) is 19.6 Å². The van der Waals surface area contributed by atoms with Crippen LogP contribution in [0.1, 0.15) is 0 Å². The maximum Gasteiger partial charge on any atom is 0.529 e. The normalized spacial score (nSPS) is 15.6. The fourth-order valence-electron chi connectivity index (χ4n) is 1.94. The quantitative estimate of drug-likeness (QED) is 0.624. The fraction of sp³-hybridized carbons (Fsp3) is 0.538. The first-order valence-corrected chi connectivity index (χ1v) is 13.7. The van der Waals surface area contributed by atoms with Gasteiger partial charge < -0.3 is 25.9 Å². The van der Waals surface area contributed by atoms with Crippen LogP contribution in [0.2, 0.25) is 19.6 Å². The van der Waals surface area contributed by atoms with Gasteiger partial charge in [-0.1, -0.05) is 30.3 Å². The van der Waals surface area contributed by atoms with Gasteiger partial charge in [0.05, 0.1) is 0 Å². The molecule has 0 radical (unpaired) electrons. The van der Waals surface area contributed by atoms with E-state index in [9.17, 15) is 0 Å². The molecular weight excluding hydrogens is 336 g/mol. The third-order valence-corrected chi connectivity index (χ3v) is 13.1. The Balaban J connectivity index is 3.12. The zero-order valence-electron chi connectivity index (χ0n) is 14.3. The highest BCUT2D eigenvalue weighted by Gasteiger charge is 2.53. The van der Waals surface area contributed by atoms with Gasteiger partial charge in [0.1, 0.15) is 0 Å². The molecule has 0 amide bonds. The summed E-state index contributed by atoms with van der Waals surface area (Å²) < 4.78 is 34.7. The minimum Gasteiger partial charge on any atom is -0.398 e. The molecule has 0 aromatic heterocycles. The van der Waals surface area contributed by atoms with E-state index in [0.29, 0.717) is 0 Å². The Morgan fingerprint density at radius 1 is 0.682 bits per heavy atom. The topological polar surface area (TPSA) is 55.4 Å². The fourth-order valence-corrected chi connectivity index (χ4v) is 11.4. The number of benzene rings is 1. The molecule has 0 heterocycles. The summed E-state index contributed by atoms with van der Waals surface area (Å²) in [5, 5.41) is 0.858. The van der Waals surface area contributed by atoms with Crippen molar-refractivity contribution < 1.29 is 25.9 Å². The number of rotatable bonds is 9. The van der Waals surface area contributed by atoms with Crippen LogP contribution in [0.3, 0.4) is 0 Å². The van der Waals surface area contributed by atoms with Crippen molar-refractivity contribution in [2.75, 3.05) is 28.4 Å². The summed E-state index contributed by atoms with van der Waals surface area (Å²) in [4.78, 5) is 0. The molecule has 6 nitrogen and oxygen atoms in total. The van der Waals surface area contributed by atoms with Crippen LogP contribution in [0.4, 0.5) is 0 Å². The molecule has 0 aliphatic rings. The maximum atomic E-state index is 6.24. The first-order chi connectivity index (χ1) is 10.3. The highest BCUT2D eigenvalue weighted by Crippen LogP contribution is 2.22. The van der Waals surface area contributed by atoms with Crippen molar-refractivity contribution in [1.29, 1.82) is 0 Å². The molecule has 1 rings (SSSR count). The molecule has 0 saturated carbocycles. The first-order valence-electron chi connectivity index (χ1n) is 6.93. The Bertz CT molecular complexity index is 454. The largest absolute Gasteiger partial charge is 0.529 e. The summed E-state index contributed by atoms with van der Waals surface area (Å²) in [5.74, 6) is 0. The molecule has 0 aliphatic heterocycles. The van der Waals surface area contributed by atoms with Crippen LogP contribution in [0.15, 0.2) is 30.3 Å². The van der Waals surface area contributed by atoms with Gasteiger partial charge in [-0.3, -0.25) is 0 Å². The van der Waals surface area contributed by atoms with Crippen molar-refractivity contribution in [3.63, 3.8) is 0 Å². The molecule has 126 valence electrons. The van der Waals surface area contributed by atoms with Gasteiger partial charge >= 0.3 is 26.2 Å². The first kappa shape index (κ1) is 19.7. The van der Waals surface area contributed by atoms with Crippen LogP contribution in [0.5, 0.6) is 0 Å². The van der Waals surface area contributed by atoms with Gasteiger partial charge in [-0.2, -0.15) is 0 Å². The van der Waals surface area contributed by atoms with Crippen molar-refractivity contribution in [3.8, 4) is 0 Å². The Labute approximate surface area is 136 Å². The van der Waals surface area contributed by atoms with Crippen molar-refractivity contribution >= 4 is 31.4 Å². The molecule has 1 aromatic carbocycles. The van der Waals surface area contributed by atoms with E-state index in [1.54, 1.807) is 28.4 Å². The lowest BCUT2D eigenvalue weighted by Crippen LogP contribution is -2.65. The van der Waals surface area contributed by atoms with Crippen LogP contribution >= 0.6 is 0 Å². The summed E-state index contributed by atoms with van der Waals surface area (Å²) >= 11 is 0. The summed E-state index contributed by atoms with van der Waals surface area (Å²) in [6.45, 7) is 5.70. The Kier molecular flexibility index (Phi) is 7.11. The lowest BCUT2D eigenvalue weighted by atomic mass is 10.4. The summed E-state index contributed by atoms with van der Waals surface area (Å²) in [6.07, 6.45) is 0. The minimum absolute atomic E-state index is 0.858. The predicted octanol–water partition coefficient (Wildman–Crippen LogP) is 1.72. The third kappa shape index (κ3) is 4.81. The minimum atomic E-state index is -3.11. The van der Waals surface area contributed by atoms with E-state index in [0.717, 1.165) is 5.19 Å². The zero-order valence-corrected chi connectivity index (χ0v) is 17.3. The standard InChI is InChI=1S/C13H26O6Si3/c1-14-20(5,6)18-21(7,15-2)19-22(16-3,17-4)13-11-9-8-10-12-13/h8-12H,1-7H3. The van der Waals surface area contributed by atoms with E-state index >= 15 is 0 Å². The molecule has 0 fully saturated rings. The highest BCUT2D eigenvalue weighted by atomic mass is 28.5. The average molecular weight is 363 g/mol. The summed E-state index contributed by atoms with van der Waals surface area (Å²) in [7, 11) is -2.09. The van der Waals surface area contributed by atoms with Crippen molar-refractivity contribution in [1.82, 2.24) is 0 Å².